The molecule has 26 heavy (non-hydrogen) atoms. The fourth-order valence-corrected chi connectivity index (χ4v) is 3.26. The maximum absolute atomic E-state index is 13.0. The van der Waals surface area contributed by atoms with Gasteiger partial charge in [0.1, 0.15) is 0 Å². The standard InChI is InChI=1S/C21H22N2O3/c1-5-15-16(7-6-13(2)3)20(26)23(19(15)25)21(4)10-8-14-12-18(24)22-17(14)9-11-21/h5-11H,12H2,1-4H3,(H,22,24)/b15-5+,16-7+. The highest BCUT2D eigenvalue weighted by Crippen LogP contribution is 2.35. The van der Waals surface area contributed by atoms with Crippen molar-refractivity contribution in [2.45, 2.75) is 39.7 Å². The van der Waals surface area contributed by atoms with Gasteiger partial charge in [-0.3, -0.25) is 19.3 Å². The summed E-state index contributed by atoms with van der Waals surface area (Å²) in [5, 5.41) is 2.79. The topological polar surface area (TPSA) is 66.5 Å². The molecule has 1 aliphatic carbocycles. The van der Waals surface area contributed by atoms with Crippen molar-refractivity contribution >= 4 is 17.7 Å². The summed E-state index contributed by atoms with van der Waals surface area (Å²) in [6.07, 6.45) is 12.7. The van der Waals surface area contributed by atoms with E-state index in [1.807, 2.05) is 32.9 Å². The molecule has 0 aromatic rings. The molecule has 0 saturated carbocycles. The molecule has 1 atom stereocenters. The van der Waals surface area contributed by atoms with Crippen LogP contribution in [0.15, 0.2) is 70.5 Å². The van der Waals surface area contributed by atoms with Crippen LogP contribution in [0.25, 0.3) is 0 Å². The van der Waals surface area contributed by atoms with Gasteiger partial charge >= 0.3 is 0 Å². The predicted molar refractivity (Wildman–Crippen MR) is 99.6 cm³/mol. The van der Waals surface area contributed by atoms with Gasteiger partial charge in [0, 0.05) is 11.3 Å². The number of nitrogens with zero attached hydrogens (tertiary/aromatic N) is 1. The van der Waals surface area contributed by atoms with Crippen LogP contribution >= 0.6 is 0 Å². The maximum Gasteiger partial charge on any atom is 0.262 e. The molecule has 134 valence electrons. The highest BCUT2D eigenvalue weighted by molar-refractivity contribution is 6.25. The highest BCUT2D eigenvalue weighted by atomic mass is 16.2. The number of allylic oxidation sites excluding steroid dienone is 6. The van der Waals surface area contributed by atoms with Crippen LogP contribution in [0.5, 0.6) is 0 Å². The third-order valence-electron chi connectivity index (χ3n) is 4.69. The zero-order chi connectivity index (χ0) is 19.1. The number of carbonyl (C=O) groups is 3. The molecule has 0 spiro atoms. The molecule has 1 saturated heterocycles. The van der Waals surface area contributed by atoms with E-state index in [1.54, 1.807) is 37.3 Å². The summed E-state index contributed by atoms with van der Waals surface area (Å²) in [7, 11) is 0. The van der Waals surface area contributed by atoms with Crippen molar-refractivity contribution in [1.29, 1.82) is 0 Å². The Balaban J connectivity index is 2.01. The van der Waals surface area contributed by atoms with Crippen molar-refractivity contribution < 1.29 is 14.4 Å². The van der Waals surface area contributed by atoms with Crippen LogP contribution in [-0.2, 0) is 14.4 Å². The van der Waals surface area contributed by atoms with Crippen LogP contribution in [0.1, 0.15) is 34.1 Å². The number of carbonyl (C=O) groups excluding carboxylic acids is 3. The lowest BCUT2D eigenvalue weighted by molar-refractivity contribution is -0.139. The second-order valence-electron chi connectivity index (χ2n) is 7.03. The molecule has 3 aliphatic rings. The molecular weight excluding hydrogens is 328 g/mol. The minimum absolute atomic E-state index is 0.0515. The van der Waals surface area contributed by atoms with Crippen molar-refractivity contribution in [3.63, 3.8) is 0 Å². The van der Waals surface area contributed by atoms with E-state index in [9.17, 15) is 14.4 Å². The largest absolute Gasteiger partial charge is 0.326 e. The van der Waals surface area contributed by atoms with Crippen LogP contribution in [0, 0.1) is 0 Å². The summed E-state index contributed by atoms with van der Waals surface area (Å²) in [4.78, 5) is 38.8. The summed E-state index contributed by atoms with van der Waals surface area (Å²) < 4.78 is 0. The molecule has 5 heteroatoms. The molecular formula is C21H22N2O3. The van der Waals surface area contributed by atoms with Gasteiger partial charge in [0.15, 0.2) is 0 Å². The molecule has 3 amide bonds. The van der Waals surface area contributed by atoms with E-state index >= 15 is 0 Å². The summed E-state index contributed by atoms with van der Waals surface area (Å²) in [5.41, 5.74) is 2.54. The van der Waals surface area contributed by atoms with Gasteiger partial charge < -0.3 is 5.32 Å². The van der Waals surface area contributed by atoms with E-state index in [2.05, 4.69) is 5.32 Å². The molecule has 0 bridgehead atoms. The molecule has 0 aromatic carbocycles. The SMILES string of the molecule is C/C=C1/C(=O)N(C2(C)C=CC3=C(C=C2)NC(=O)C3)C(=O)/C1=C/C=C(C)C. The molecule has 1 N–H and O–H groups in total. The Kier molecular flexibility index (Phi) is 4.40. The Bertz CT molecular complexity index is 862. The van der Waals surface area contributed by atoms with Gasteiger partial charge in [0.05, 0.1) is 17.5 Å². The van der Waals surface area contributed by atoms with Gasteiger partial charge in [0.2, 0.25) is 5.91 Å². The number of nitrogens with one attached hydrogen (secondary N) is 1. The number of imide groups is 1. The maximum atomic E-state index is 13.0. The smallest absolute Gasteiger partial charge is 0.262 e. The van der Waals surface area contributed by atoms with E-state index in [-0.39, 0.29) is 17.7 Å². The summed E-state index contributed by atoms with van der Waals surface area (Å²) in [6, 6.07) is 0. The van der Waals surface area contributed by atoms with Crippen molar-refractivity contribution in [2.75, 3.05) is 0 Å². The second-order valence-corrected chi connectivity index (χ2v) is 7.03. The number of amides is 3. The first-order valence-corrected chi connectivity index (χ1v) is 8.59. The second kappa shape index (κ2) is 6.41. The van der Waals surface area contributed by atoms with Crippen LogP contribution in [0.2, 0.25) is 0 Å². The van der Waals surface area contributed by atoms with Gasteiger partial charge in [0.25, 0.3) is 11.8 Å². The minimum Gasteiger partial charge on any atom is -0.326 e. The third-order valence-corrected chi connectivity index (χ3v) is 4.69. The van der Waals surface area contributed by atoms with E-state index in [0.29, 0.717) is 17.6 Å². The van der Waals surface area contributed by atoms with E-state index in [1.165, 1.54) is 4.90 Å². The molecule has 5 nitrogen and oxygen atoms in total. The Hall–Kier alpha value is -2.95. The van der Waals surface area contributed by atoms with Crippen LogP contribution in [0.3, 0.4) is 0 Å². The Morgan fingerprint density at radius 1 is 1.12 bits per heavy atom. The van der Waals surface area contributed by atoms with Crippen LogP contribution in [-0.4, -0.2) is 28.2 Å². The third kappa shape index (κ3) is 2.90. The zero-order valence-corrected chi connectivity index (χ0v) is 15.4. The van der Waals surface area contributed by atoms with Crippen molar-refractivity contribution in [1.82, 2.24) is 10.2 Å². The molecule has 1 unspecified atom stereocenters. The first kappa shape index (κ1) is 17.9. The molecule has 3 rings (SSSR count). The number of likely N-dealkylation sites (tertiary alicyclic amines) is 1. The number of hydrogen-bond donors (Lipinski definition) is 1. The molecule has 1 fully saturated rings. The monoisotopic (exact) mass is 350 g/mol. The first-order valence-electron chi connectivity index (χ1n) is 8.59. The van der Waals surface area contributed by atoms with E-state index < -0.39 is 5.54 Å². The summed E-state index contributed by atoms with van der Waals surface area (Å²) >= 11 is 0. The Labute approximate surface area is 153 Å². The average molecular weight is 350 g/mol. The molecule has 0 aromatic heterocycles. The fraction of sp³-hybridized carbons (Fsp3) is 0.286. The number of hydrogen-bond acceptors (Lipinski definition) is 3. The highest BCUT2D eigenvalue weighted by Gasteiger charge is 2.46. The van der Waals surface area contributed by atoms with Gasteiger partial charge in [-0.2, -0.15) is 0 Å². The van der Waals surface area contributed by atoms with Crippen LogP contribution in [0.4, 0.5) is 0 Å². The first-order chi connectivity index (χ1) is 12.3. The van der Waals surface area contributed by atoms with Crippen molar-refractivity contribution in [3.05, 3.63) is 70.5 Å². The van der Waals surface area contributed by atoms with Gasteiger partial charge in [-0.25, -0.2) is 0 Å². The predicted octanol–water partition coefficient (Wildman–Crippen LogP) is 2.85. The summed E-state index contributed by atoms with van der Waals surface area (Å²) in [6.45, 7) is 7.44. The van der Waals surface area contributed by atoms with E-state index in [0.717, 1.165) is 16.8 Å². The zero-order valence-electron chi connectivity index (χ0n) is 15.4. The van der Waals surface area contributed by atoms with Crippen molar-refractivity contribution in [2.24, 2.45) is 0 Å². The lowest BCUT2D eigenvalue weighted by Crippen LogP contribution is -2.47. The molecule has 2 aliphatic heterocycles. The van der Waals surface area contributed by atoms with Gasteiger partial charge in [-0.05, 0) is 45.4 Å². The minimum atomic E-state index is -0.905. The summed E-state index contributed by atoms with van der Waals surface area (Å²) in [5.74, 6) is -0.679. The molecule has 0 radical (unpaired) electrons. The van der Waals surface area contributed by atoms with E-state index in [4.69, 9.17) is 0 Å². The lowest BCUT2D eigenvalue weighted by atomic mass is 9.98. The lowest BCUT2D eigenvalue weighted by Gasteiger charge is -2.31. The van der Waals surface area contributed by atoms with Gasteiger partial charge in [-0.15, -0.1) is 0 Å². The Morgan fingerprint density at radius 3 is 2.42 bits per heavy atom. The normalized spacial score (nSPS) is 28.2. The molecule has 2 heterocycles. The van der Waals surface area contributed by atoms with Crippen LogP contribution < -0.4 is 5.32 Å². The van der Waals surface area contributed by atoms with Gasteiger partial charge in [-0.1, -0.05) is 36.0 Å². The quantitative estimate of drug-likeness (QED) is 0.615. The number of rotatable bonds is 2. The average Bonchev–Trinajstić information content (AvgIpc) is 3.00. The fourth-order valence-electron chi connectivity index (χ4n) is 3.26. The van der Waals surface area contributed by atoms with Crippen molar-refractivity contribution in [3.8, 4) is 0 Å². The Morgan fingerprint density at radius 2 is 1.77 bits per heavy atom.